The molecule has 2 aliphatic heterocycles. The fourth-order valence-electron chi connectivity index (χ4n) is 1.87. The van der Waals surface area contributed by atoms with Gasteiger partial charge in [0.25, 0.3) is 0 Å². The zero-order valence-electron chi connectivity index (χ0n) is 8.29. The minimum atomic E-state index is 0.490. The molecule has 3 heteroatoms. The van der Waals surface area contributed by atoms with Crippen molar-refractivity contribution in [3.63, 3.8) is 0 Å². The van der Waals surface area contributed by atoms with Crippen LogP contribution in [0.3, 0.4) is 0 Å². The molecular formula is C10H19NOS. The van der Waals surface area contributed by atoms with E-state index < -0.39 is 0 Å². The molecule has 0 aromatic rings. The Hall–Kier alpha value is 0.270. The van der Waals surface area contributed by atoms with Gasteiger partial charge in [-0.2, -0.15) is 11.8 Å². The summed E-state index contributed by atoms with van der Waals surface area (Å²) in [6, 6.07) is 0. The third kappa shape index (κ3) is 2.61. The van der Waals surface area contributed by atoms with Crippen molar-refractivity contribution in [1.29, 1.82) is 0 Å². The van der Waals surface area contributed by atoms with Gasteiger partial charge in [-0.3, -0.25) is 0 Å². The molecule has 0 bridgehead atoms. The highest BCUT2D eigenvalue weighted by Gasteiger charge is 2.25. The van der Waals surface area contributed by atoms with Gasteiger partial charge in [0.05, 0.1) is 6.10 Å². The highest BCUT2D eigenvalue weighted by molar-refractivity contribution is 7.99. The Bertz CT molecular complexity index is 161. The molecule has 0 amide bonds. The first-order valence-electron chi connectivity index (χ1n) is 5.30. The van der Waals surface area contributed by atoms with Crippen LogP contribution in [0.5, 0.6) is 0 Å². The van der Waals surface area contributed by atoms with Crippen LogP contribution in [0.1, 0.15) is 19.8 Å². The topological polar surface area (TPSA) is 21.3 Å². The summed E-state index contributed by atoms with van der Waals surface area (Å²) in [4.78, 5) is 0. The lowest BCUT2D eigenvalue weighted by atomic mass is 10.0. The number of ether oxygens (including phenoxy) is 1. The van der Waals surface area contributed by atoms with E-state index in [0.29, 0.717) is 6.10 Å². The zero-order valence-corrected chi connectivity index (χ0v) is 9.11. The third-order valence-corrected chi connectivity index (χ3v) is 4.55. The van der Waals surface area contributed by atoms with Gasteiger partial charge in [-0.05, 0) is 44.5 Å². The molecule has 0 saturated carbocycles. The molecule has 2 fully saturated rings. The van der Waals surface area contributed by atoms with Gasteiger partial charge in [-0.25, -0.2) is 0 Å². The van der Waals surface area contributed by atoms with E-state index in [0.717, 1.165) is 17.8 Å². The van der Waals surface area contributed by atoms with Crippen LogP contribution < -0.4 is 5.32 Å². The quantitative estimate of drug-likeness (QED) is 0.745. The Morgan fingerprint density at radius 2 is 2.31 bits per heavy atom. The maximum atomic E-state index is 5.53. The molecule has 0 aromatic heterocycles. The van der Waals surface area contributed by atoms with E-state index >= 15 is 0 Å². The van der Waals surface area contributed by atoms with Crippen LogP contribution >= 0.6 is 11.8 Å². The summed E-state index contributed by atoms with van der Waals surface area (Å²) in [5, 5.41) is 4.09. The first kappa shape index (κ1) is 9.81. The van der Waals surface area contributed by atoms with Crippen molar-refractivity contribution in [1.82, 2.24) is 5.32 Å². The second-order valence-corrected chi connectivity index (χ2v) is 5.43. The van der Waals surface area contributed by atoms with Crippen molar-refractivity contribution in [2.45, 2.75) is 31.1 Å². The summed E-state index contributed by atoms with van der Waals surface area (Å²) in [6.07, 6.45) is 3.14. The predicted octanol–water partition coefficient (Wildman–Crippen LogP) is 1.51. The molecule has 2 saturated heterocycles. The normalized spacial score (nSPS) is 34.8. The van der Waals surface area contributed by atoms with Crippen LogP contribution in [-0.4, -0.2) is 36.8 Å². The summed E-state index contributed by atoms with van der Waals surface area (Å²) >= 11 is 2.12. The van der Waals surface area contributed by atoms with Crippen molar-refractivity contribution >= 4 is 11.8 Å². The smallest absolute Gasteiger partial charge is 0.0666 e. The Morgan fingerprint density at radius 3 is 2.85 bits per heavy atom. The molecule has 76 valence electrons. The van der Waals surface area contributed by atoms with Crippen LogP contribution in [0.4, 0.5) is 0 Å². The SMILES string of the molecule is CC1OCCC1SCCC1CNC1. The fourth-order valence-corrected chi connectivity index (χ4v) is 3.25. The van der Waals surface area contributed by atoms with Gasteiger partial charge in [0.1, 0.15) is 0 Å². The van der Waals surface area contributed by atoms with Crippen molar-refractivity contribution < 1.29 is 4.74 Å². The molecule has 0 spiro atoms. The van der Waals surface area contributed by atoms with Crippen molar-refractivity contribution in [3.8, 4) is 0 Å². The highest BCUT2D eigenvalue weighted by Crippen LogP contribution is 2.27. The first-order chi connectivity index (χ1) is 6.36. The lowest BCUT2D eigenvalue weighted by molar-refractivity contribution is 0.127. The lowest BCUT2D eigenvalue weighted by Gasteiger charge is -2.27. The van der Waals surface area contributed by atoms with Crippen LogP contribution in [0.2, 0.25) is 0 Å². The van der Waals surface area contributed by atoms with Gasteiger partial charge in [-0.1, -0.05) is 0 Å². The maximum absolute atomic E-state index is 5.53. The summed E-state index contributed by atoms with van der Waals surface area (Å²) in [5.74, 6) is 2.29. The molecule has 13 heavy (non-hydrogen) atoms. The van der Waals surface area contributed by atoms with Gasteiger partial charge in [0.2, 0.25) is 0 Å². The average molecular weight is 201 g/mol. The van der Waals surface area contributed by atoms with E-state index in [4.69, 9.17) is 4.74 Å². The zero-order chi connectivity index (χ0) is 9.10. The molecule has 1 N–H and O–H groups in total. The van der Waals surface area contributed by atoms with Crippen LogP contribution in [0.15, 0.2) is 0 Å². The van der Waals surface area contributed by atoms with Gasteiger partial charge in [-0.15, -0.1) is 0 Å². The number of hydrogen-bond acceptors (Lipinski definition) is 3. The predicted molar refractivity (Wildman–Crippen MR) is 57.3 cm³/mol. The van der Waals surface area contributed by atoms with Crippen molar-refractivity contribution in [3.05, 3.63) is 0 Å². The minimum Gasteiger partial charge on any atom is -0.377 e. The molecule has 2 unspecified atom stereocenters. The van der Waals surface area contributed by atoms with E-state index in [9.17, 15) is 0 Å². The Kier molecular flexibility index (Phi) is 3.52. The fraction of sp³-hybridized carbons (Fsp3) is 1.00. The number of rotatable bonds is 4. The van der Waals surface area contributed by atoms with E-state index in [1.807, 2.05) is 0 Å². The van der Waals surface area contributed by atoms with E-state index in [-0.39, 0.29) is 0 Å². The Morgan fingerprint density at radius 1 is 1.46 bits per heavy atom. The summed E-state index contributed by atoms with van der Waals surface area (Å²) in [5.41, 5.74) is 0. The largest absolute Gasteiger partial charge is 0.377 e. The molecule has 0 aliphatic carbocycles. The lowest BCUT2D eigenvalue weighted by Crippen LogP contribution is -2.42. The van der Waals surface area contributed by atoms with Crippen molar-refractivity contribution in [2.75, 3.05) is 25.4 Å². The first-order valence-corrected chi connectivity index (χ1v) is 6.35. The molecule has 2 aliphatic rings. The average Bonchev–Trinajstić information content (AvgIpc) is 2.42. The summed E-state index contributed by atoms with van der Waals surface area (Å²) in [7, 11) is 0. The number of nitrogens with one attached hydrogen (secondary N) is 1. The molecule has 2 heterocycles. The minimum absolute atomic E-state index is 0.490. The van der Waals surface area contributed by atoms with Crippen LogP contribution in [0.25, 0.3) is 0 Å². The van der Waals surface area contributed by atoms with Gasteiger partial charge in [0.15, 0.2) is 0 Å². The van der Waals surface area contributed by atoms with E-state index in [1.54, 1.807) is 0 Å². The highest BCUT2D eigenvalue weighted by atomic mass is 32.2. The van der Waals surface area contributed by atoms with Crippen LogP contribution in [-0.2, 0) is 4.74 Å². The molecule has 0 aromatic carbocycles. The summed E-state index contributed by atoms with van der Waals surface area (Å²) in [6.45, 7) is 5.67. The van der Waals surface area contributed by atoms with E-state index in [1.165, 1.54) is 31.7 Å². The van der Waals surface area contributed by atoms with Crippen molar-refractivity contribution in [2.24, 2.45) is 5.92 Å². The molecule has 0 radical (unpaired) electrons. The van der Waals surface area contributed by atoms with E-state index in [2.05, 4.69) is 24.0 Å². The molecule has 2 atom stereocenters. The van der Waals surface area contributed by atoms with Gasteiger partial charge in [0, 0.05) is 11.9 Å². The van der Waals surface area contributed by atoms with Crippen LogP contribution in [0, 0.1) is 5.92 Å². The third-order valence-electron chi connectivity index (χ3n) is 3.03. The standard InChI is InChI=1S/C10H19NOS/c1-8-10(2-4-12-8)13-5-3-9-6-11-7-9/h8-11H,2-7H2,1H3. The maximum Gasteiger partial charge on any atom is 0.0666 e. The van der Waals surface area contributed by atoms with Gasteiger partial charge >= 0.3 is 0 Å². The second-order valence-electron chi connectivity index (χ2n) is 4.09. The Labute approximate surface area is 84.8 Å². The molecule has 2 rings (SSSR count). The Balaban J connectivity index is 1.56. The molecular weight excluding hydrogens is 182 g/mol. The second kappa shape index (κ2) is 4.67. The summed E-state index contributed by atoms with van der Waals surface area (Å²) < 4.78 is 5.53. The molecule has 2 nitrogen and oxygen atoms in total. The monoisotopic (exact) mass is 201 g/mol. The van der Waals surface area contributed by atoms with Gasteiger partial charge < -0.3 is 10.1 Å². The number of hydrogen-bond donors (Lipinski definition) is 1. The number of thioether (sulfide) groups is 1.